The van der Waals surface area contributed by atoms with Gasteiger partial charge < -0.3 is 5.32 Å². The molecule has 0 unspecified atom stereocenters. The molecule has 2 aliphatic heterocycles. The summed E-state index contributed by atoms with van der Waals surface area (Å²) in [5.41, 5.74) is 0.285. The largest absolute Gasteiger partial charge is 0.321 e. The first-order chi connectivity index (χ1) is 16.2. The molecule has 1 amide bonds. The van der Waals surface area contributed by atoms with Gasteiger partial charge in [0.15, 0.2) is 0 Å². The van der Waals surface area contributed by atoms with Gasteiger partial charge in [0.1, 0.15) is 0 Å². The van der Waals surface area contributed by atoms with Gasteiger partial charge in [0.2, 0.25) is 20.0 Å². The van der Waals surface area contributed by atoms with Crippen LogP contribution in [0.15, 0.2) is 52.3 Å². The number of halogens is 1. The van der Waals surface area contributed by atoms with Crippen LogP contribution in [0.2, 0.25) is 5.02 Å². The molecule has 2 heterocycles. The van der Waals surface area contributed by atoms with Crippen LogP contribution in [0.4, 0.5) is 5.69 Å². The lowest BCUT2D eigenvalue weighted by atomic mass is 10.2. The van der Waals surface area contributed by atoms with Crippen molar-refractivity contribution >= 4 is 43.2 Å². The fraction of sp³-hybridized carbons (Fsp3) is 0.435. The van der Waals surface area contributed by atoms with Crippen molar-refractivity contribution < 1.29 is 21.6 Å². The second-order valence-electron chi connectivity index (χ2n) is 8.55. The molecule has 184 valence electrons. The predicted octanol–water partition coefficient (Wildman–Crippen LogP) is 3.94. The maximum absolute atomic E-state index is 13.1. The summed E-state index contributed by atoms with van der Waals surface area (Å²) < 4.78 is 54.9. The smallest absolute Gasteiger partial charge is 0.255 e. The monoisotopic (exact) mass is 525 g/mol. The number of nitrogens with one attached hydrogen (secondary N) is 1. The zero-order valence-corrected chi connectivity index (χ0v) is 21.1. The highest BCUT2D eigenvalue weighted by atomic mass is 35.5. The van der Waals surface area contributed by atoms with Crippen molar-refractivity contribution in [2.45, 2.75) is 48.3 Å². The highest BCUT2D eigenvalue weighted by Gasteiger charge is 2.28. The average molecular weight is 526 g/mol. The summed E-state index contributed by atoms with van der Waals surface area (Å²) in [6.45, 7) is 1.86. The summed E-state index contributed by atoms with van der Waals surface area (Å²) >= 11 is 6.25. The third-order valence-corrected chi connectivity index (χ3v) is 10.3. The van der Waals surface area contributed by atoms with E-state index in [4.69, 9.17) is 11.6 Å². The molecule has 2 aromatic rings. The molecule has 0 radical (unpaired) electrons. The zero-order chi connectivity index (χ0) is 24.3. The number of carbonyl (C=O) groups excluding carboxylic acids is 1. The quantitative estimate of drug-likeness (QED) is 0.615. The van der Waals surface area contributed by atoms with Gasteiger partial charge in [-0.15, -0.1) is 0 Å². The number of carbonyl (C=O) groups is 1. The van der Waals surface area contributed by atoms with E-state index in [0.717, 1.165) is 38.5 Å². The van der Waals surface area contributed by atoms with E-state index in [-0.39, 0.29) is 26.1 Å². The van der Waals surface area contributed by atoms with Crippen LogP contribution in [0.3, 0.4) is 0 Å². The third-order valence-electron chi connectivity index (χ3n) is 6.19. The van der Waals surface area contributed by atoms with Crippen LogP contribution in [0, 0.1) is 0 Å². The molecule has 8 nitrogen and oxygen atoms in total. The molecule has 11 heteroatoms. The molecular weight excluding hydrogens is 498 g/mol. The second kappa shape index (κ2) is 10.3. The van der Waals surface area contributed by atoms with Crippen LogP contribution in [0.5, 0.6) is 0 Å². The summed E-state index contributed by atoms with van der Waals surface area (Å²) in [5, 5.41) is 2.82. The average Bonchev–Trinajstić information content (AvgIpc) is 3.23. The number of hydrogen-bond donors (Lipinski definition) is 1. The Balaban J connectivity index is 1.57. The van der Waals surface area contributed by atoms with Gasteiger partial charge in [-0.05, 0) is 62.1 Å². The van der Waals surface area contributed by atoms with Crippen molar-refractivity contribution in [1.29, 1.82) is 0 Å². The van der Waals surface area contributed by atoms with Gasteiger partial charge in [-0.3, -0.25) is 4.79 Å². The van der Waals surface area contributed by atoms with Gasteiger partial charge in [0.05, 0.1) is 20.5 Å². The van der Waals surface area contributed by atoms with Crippen LogP contribution in [0.25, 0.3) is 0 Å². The highest BCUT2D eigenvalue weighted by Crippen LogP contribution is 2.29. The molecule has 4 rings (SSSR count). The van der Waals surface area contributed by atoms with Crippen molar-refractivity contribution in [3.8, 4) is 0 Å². The number of hydrogen-bond acceptors (Lipinski definition) is 5. The first kappa shape index (κ1) is 25.1. The molecule has 0 aromatic heterocycles. The van der Waals surface area contributed by atoms with Gasteiger partial charge in [0, 0.05) is 31.7 Å². The molecule has 34 heavy (non-hydrogen) atoms. The lowest BCUT2D eigenvalue weighted by molar-refractivity contribution is 0.102. The number of rotatable bonds is 6. The Hall–Kier alpha value is -1.98. The van der Waals surface area contributed by atoms with Crippen LogP contribution in [-0.4, -0.2) is 57.5 Å². The zero-order valence-electron chi connectivity index (χ0n) is 18.7. The first-order valence-corrected chi connectivity index (χ1v) is 14.7. The Morgan fingerprint density at radius 2 is 1.26 bits per heavy atom. The van der Waals surface area contributed by atoms with Crippen LogP contribution in [-0.2, 0) is 20.0 Å². The topological polar surface area (TPSA) is 104 Å². The van der Waals surface area contributed by atoms with Gasteiger partial charge in [0.25, 0.3) is 5.91 Å². The maximum atomic E-state index is 13.1. The summed E-state index contributed by atoms with van der Waals surface area (Å²) in [7, 11) is -7.40. The van der Waals surface area contributed by atoms with E-state index in [1.165, 1.54) is 51.1 Å². The van der Waals surface area contributed by atoms with E-state index in [2.05, 4.69) is 5.32 Å². The van der Waals surface area contributed by atoms with E-state index in [1.807, 2.05) is 0 Å². The lowest BCUT2D eigenvalue weighted by Gasteiger charge is -2.20. The Labute approximate surface area is 206 Å². The Kier molecular flexibility index (Phi) is 7.63. The Morgan fingerprint density at radius 1 is 0.735 bits per heavy atom. The molecule has 0 spiro atoms. The van der Waals surface area contributed by atoms with E-state index < -0.39 is 26.0 Å². The minimum atomic E-state index is -3.72. The molecule has 0 atom stereocenters. The van der Waals surface area contributed by atoms with Gasteiger partial charge >= 0.3 is 0 Å². The maximum Gasteiger partial charge on any atom is 0.255 e. The molecule has 2 fully saturated rings. The molecule has 1 N–H and O–H groups in total. The van der Waals surface area contributed by atoms with E-state index in [0.29, 0.717) is 26.2 Å². The summed E-state index contributed by atoms with van der Waals surface area (Å²) in [6.07, 6.45) is 5.25. The van der Waals surface area contributed by atoms with Crippen LogP contribution in [0.1, 0.15) is 48.9 Å². The Morgan fingerprint density at radius 3 is 1.85 bits per heavy atom. The van der Waals surface area contributed by atoms with E-state index in [9.17, 15) is 21.6 Å². The molecule has 0 bridgehead atoms. The summed E-state index contributed by atoms with van der Waals surface area (Å²) in [6, 6.07) is 10.0. The standard InChI is InChI=1S/C23H28ClN3O5S2/c24-21-11-10-20(34(31,32)26-12-3-1-2-4-13-26)17-22(21)25-23(28)18-8-7-9-19(16-18)33(29,30)27-14-5-6-15-27/h7-11,16-17H,1-6,12-15H2,(H,25,28). The van der Waals surface area contributed by atoms with E-state index in [1.54, 1.807) is 0 Å². The van der Waals surface area contributed by atoms with E-state index >= 15 is 0 Å². The number of nitrogens with zero attached hydrogens (tertiary/aromatic N) is 2. The molecule has 0 saturated carbocycles. The van der Waals surface area contributed by atoms with Crippen LogP contribution < -0.4 is 5.32 Å². The van der Waals surface area contributed by atoms with Crippen LogP contribution >= 0.6 is 11.6 Å². The molecule has 2 saturated heterocycles. The minimum Gasteiger partial charge on any atom is -0.321 e. The molecular formula is C23H28ClN3O5S2. The highest BCUT2D eigenvalue weighted by molar-refractivity contribution is 7.89. The second-order valence-corrected chi connectivity index (χ2v) is 12.8. The van der Waals surface area contributed by atoms with Crippen molar-refractivity contribution in [2.75, 3.05) is 31.5 Å². The van der Waals surface area contributed by atoms with Gasteiger partial charge in [-0.1, -0.05) is 30.5 Å². The minimum absolute atomic E-state index is 0.0469. The predicted molar refractivity (Wildman–Crippen MR) is 131 cm³/mol. The Bertz CT molecular complexity index is 1270. The number of anilines is 1. The van der Waals surface area contributed by atoms with Crippen molar-refractivity contribution in [3.63, 3.8) is 0 Å². The normalized spacial score (nSPS) is 18.5. The number of sulfonamides is 2. The third kappa shape index (κ3) is 5.31. The van der Waals surface area contributed by atoms with Crippen molar-refractivity contribution in [1.82, 2.24) is 8.61 Å². The first-order valence-electron chi connectivity index (χ1n) is 11.4. The lowest BCUT2D eigenvalue weighted by Crippen LogP contribution is -2.32. The van der Waals surface area contributed by atoms with Crippen molar-refractivity contribution in [2.24, 2.45) is 0 Å². The van der Waals surface area contributed by atoms with Gasteiger partial charge in [-0.2, -0.15) is 8.61 Å². The number of benzene rings is 2. The summed E-state index contributed by atoms with van der Waals surface area (Å²) in [4.78, 5) is 13.0. The van der Waals surface area contributed by atoms with Gasteiger partial charge in [-0.25, -0.2) is 16.8 Å². The SMILES string of the molecule is O=C(Nc1cc(S(=O)(=O)N2CCCCCC2)ccc1Cl)c1cccc(S(=O)(=O)N2CCCC2)c1. The fourth-order valence-electron chi connectivity index (χ4n) is 4.26. The van der Waals surface area contributed by atoms with Crippen molar-refractivity contribution in [3.05, 3.63) is 53.1 Å². The molecule has 2 aromatic carbocycles. The summed E-state index contributed by atoms with van der Waals surface area (Å²) in [5.74, 6) is -0.579. The fourth-order valence-corrected chi connectivity index (χ4v) is 7.53. The molecule has 2 aliphatic rings. The molecule has 0 aliphatic carbocycles. The number of amides is 1.